The number of carbonyl (C=O) groups is 2. The van der Waals surface area contributed by atoms with Crippen LogP contribution in [0.25, 0.3) is 6.08 Å². The molecule has 3 rings (SSSR count). The van der Waals surface area contributed by atoms with Gasteiger partial charge in [0.1, 0.15) is 0 Å². The van der Waals surface area contributed by atoms with E-state index in [0.717, 1.165) is 11.1 Å². The number of ketones is 1. The number of nitriles is 1. The highest BCUT2D eigenvalue weighted by molar-refractivity contribution is 5.98. The predicted molar refractivity (Wildman–Crippen MR) is 100 cm³/mol. The fraction of sp³-hybridized carbons (Fsp3) is 0.227. The zero-order chi connectivity index (χ0) is 18.4. The molecule has 0 atom stereocenters. The van der Waals surface area contributed by atoms with Gasteiger partial charge in [0.05, 0.1) is 11.6 Å². The minimum Gasteiger partial charge on any atom is -0.339 e. The summed E-state index contributed by atoms with van der Waals surface area (Å²) in [5.41, 5.74) is 2.02. The van der Waals surface area contributed by atoms with Gasteiger partial charge in [0.15, 0.2) is 5.78 Å². The molecule has 1 aliphatic heterocycles. The SMILES string of the molecule is N#Cc1ccccc1C=CC(=O)N1CCC(C(=O)c2ccccc2)CC1. The van der Waals surface area contributed by atoms with E-state index in [1.165, 1.54) is 6.08 Å². The van der Waals surface area contributed by atoms with Gasteiger partial charge < -0.3 is 4.90 Å². The number of benzene rings is 2. The number of nitrogens with zero attached hydrogens (tertiary/aromatic N) is 2. The zero-order valence-corrected chi connectivity index (χ0v) is 14.5. The lowest BCUT2D eigenvalue weighted by Gasteiger charge is -2.30. The summed E-state index contributed by atoms with van der Waals surface area (Å²) in [5.74, 6) is 0.0595. The second kappa shape index (κ2) is 8.26. The summed E-state index contributed by atoms with van der Waals surface area (Å²) in [6.07, 6.45) is 4.56. The smallest absolute Gasteiger partial charge is 0.246 e. The van der Waals surface area contributed by atoms with E-state index in [1.807, 2.05) is 42.5 Å². The molecule has 1 amide bonds. The summed E-state index contributed by atoms with van der Waals surface area (Å²) in [6, 6.07) is 18.6. The second-order valence-electron chi connectivity index (χ2n) is 6.36. The van der Waals surface area contributed by atoms with Crippen molar-refractivity contribution in [2.24, 2.45) is 5.92 Å². The third-order valence-electron chi connectivity index (χ3n) is 4.72. The summed E-state index contributed by atoms with van der Waals surface area (Å²) in [4.78, 5) is 26.7. The molecule has 0 N–H and O–H groups in total. The molecule has 130 valence electrons. The lowest BCUT2D eigenvalue weighted by molar-refractivity contribution is -0.127. The molecule has 1 saturated heterocycles. The Kier molecular flexibility index (Phi) is 5.60. The van der Waals surface area contributed by atoms with Crippen molar-refractivity contribution in [1.82, 2.24) is 4.90 Å². The van der Waals surface area contributed by atoms with Crippen molar-refractivity contribution < 1.29 is 9.59 Å². The molecule has 0 spiro atoms. The van der Waals surface area contributed by atoms with Gasteiger partial charge in [-0.05, 0) is 30.5 Å². The van der Waals surface area contributed by atoms with Crippen LogP contribution in [0.2, 0.25) is 0 Å². The summed E-state index contributed by atoms with van der Waals surface area (Å²) < 4.78 is 0. The first kappa shape index (κ1) is 17.6. The number of piperidine rings is 1. The van der Waals surface area contributed by atoms with Gasteiger partial charge >= 0.3 is 0 Å². The third-order valence-corrected chi connectivity index (χ3v) is 4.72. The van der Waals surface area contributed by atoms with Crippen molar-refractivity contribution in [2.75, 3.05) is 13.1 Å². The van der Waals surface area contributed by atoms with Crippen LogP contribution >= 0.6 is 0 Å². The fourth-order valence-corrected chi connectivity index (χ4v) is 3.21. The average Bonchev–Trinajstić information content (AvgIpc) is 2.72. The Hall–Kier alpha value is -3.19. The molecule has 0 radical (unpaired) electrons. The maximum Gasteiger partial charge on any atom is 0.246 e. The van der Waals surface area contributed by atoms with E-state index in [1.54, 1.807) is 23.1 Å². The molecule has 0 aromatic heterocycles. The lowest BCUT2D eigenvalue weighted by Crippen LogP contribution is -2.39. The van der Waals surface area contributed by atoms with Crippen molar-refractivity contribution in [1.29, 1.82) is 5.26 Å². The Labute approximate surface area is 153 Å². The molecule has 1 aliphatic rings. The summed E-state index contributed by atoms with van der Waals surface area (Å²) in [7, 11) is 0. The van der Waals surface area contributed by atoms with Crippen molar-refractivity contribution in [3.8, 4) is 6.07 Å². The van der Waals surface area contributed by atoms with Gasteiger partial charge in [0.2, 0.25) is 5.91 Å². The maximum atomic E-state index is 12.5. The van der Waals surface area contributed by atoms with Gasteiger partial charge in [-0.25, -0.2) is 0 Å². The number of hydrogen-bond acceptors (Lipinski definition) is 3. The van der Waals surface area contributed by atoms with E-state index in [9.17, 15) is 9.59 Å². The lowest BCUT2D eigenvalue weighted by atomic mass is 9.89. The van der Waals surface area contributed by atoms with E-state index in [-0.39, 0.29) is 17.6 Å². The molecule has 0 unspecified atom stereocenters. The van der Waals surface area contributed by atoms with Gasteiger partial charge in [-0.3, -0.25) is 9.59 Å². The van der Waals surface area contributed by atoms with Gasteiger partial charge in [-0.15, -0.1) is 0 Å². The number of carbonyl (C=O) groups excluding carboxylic acids is 2. The number of amides is 1. The Balaban J connectivity index is 1.58. The Morgan fingerprint density at radius 2 is 1.65 bits per heavy atom. The summed E-state index contributed by atoms with van der Waals surface area (Å²) in [5, 5.41) is 9.10. The molecule has 1 heterocycles. The minimum atomic E-state index is -0.0802. The summed E-state index contributed by atoms with van der Waals surface area (Å²) >= 11 is 0. The molecule has 1 fully saturated rings. The topological polar surface area (TPSA) is 61.2 Å². The standard InChI is InChI=1S/C22H20N2O2/c23-16-20-9-5-4-6-17(20)10-11-21(25)24-14-12-19(13-15-24)22(26)18-7-2-1-3-8-18/h1-11,19H,12-15H2. The molecule has 0 saturated carbocycles. The highest BCUT2D eigenvalue weighted by Crippen LogP contribution is 2.22. The van der Waals surface area contributed by atoms with Crippen LogP contribution in [0.3, 0.4) is 0 Å². The van der Waals surface area contributed by atoms with Crippen molar-refractivity contribution in [2.45, 2.75) is 12.8 Å². The Morgan fingerprint density at radius 1 is 1.00 bits per heavy atom. The first-order valence-electron chi connectivity index (χ1n) is 8.74. The maximum absolute atomic E-state index is 12.5. The van der Waals surface area contributed by atoms with E-state index >= 15 is 0 Å². The van der Waals surface area contributed by atoms with Crippen molar-refractivity contribution >= 4 is 17.8 Å². The Morgan fingerprint density at radius 3 is 2.35 bits per heavy atom. The fourth-order valence-electron chi connectivity index (χ4n) is 3.21. The molecule has 4 nitrogen and oxygen atoms in total. The van der Waals surface area contributed by atoms with Crippen molar-refractivity contribution in [3.63, 3.8) is 0 Å². The highest BCUT2D eigenvalue weighted by atomic mass is 16.2. The molecule has 2 aromatic rings. The second-order valence-corrected chi connectivity index (χ2v) is 6.36. The minimum absolute atomic E-state index is 0.0234. The Bertz CT molecular complexity index is 857. The highest BCUT2D eigenvalue weighted by Gasteiger charge is 2.27. The quantitative estimate of drug-likeness (QED) is 0.628. The summed E-state index contributed by atoms with van der Waals surface area (Å²) in [6.45, 7) is 1.15. The molecule has 0 aliphatic carbocycles. The monoisotopic (exact) mass is 344 g/mol. The van der Waals surface area contributed by atoms with Crippen LogP contribution in [0.1, 0.15) is 34.3 Å². The molecule has 4 heteroatoms. The third kappa shape index (κ3) is 4.07. The average molecular weight is 344 g/mol. The van der Waals surface area contributed by atoms with Crippen LogP contribution in [0.4, 0.5) is 0 Å². The van der Waals surface area contributed by atoms with E-state index < -0.39 is 0 Å². The number of hydrogen-bond donors (Lipinski definition) is 0. The number of likely N-dealkylation sites (tertiary alicyclic amines) is 1. The van der Waals surface area contributed by atoms with Crippen LogP contribution in [-0.4, -0.2) is 29.7 Å². The van der Waals surface area contributed by atoms with Crippen LogP contribution in [-0.2, 0) is 4.79 Å². The van der Waals surface area contributed by atoms with E-state index in [2.05, 4.69) is 6.07 Å². The zero-order valence-electron chi connectivity index (χ0n) is 14.5. The van der Waals surface area contributed by atoms with Gasteiger partial charge in [0.25, 0.3) is 0 Å². The van der Waals surface area contributed by atoms with Crippen LogP contribution in [0.5, 0.6) is 0 Å². The van der Waals surface area contributed by atoms with Gasteiger partial charge in [-0.1, -0.05) is 48.5 Å². The number of rotatable bonds is 4. The van der Waals surface area contributed by atoms with Crippen LogP contribution in [0, 0.1) is 17.2 Å². The first-order valence-corrected chi connectivity index (χ1v) is 8.74. The normalized spacial score (nSPS) is 15.0. The van der Waals surface area contributed by atoms with Gasteiger partial charge in [-0.2, -0.15) is 5.26 Å². The largest absolute Gasteiger partial charge is 0.339 e. The molecular weight excluding hydrogens is 324 g/mol. The number of Topliss-reactive ketones (excluding diaryl/α,β-unsaturated/α-hetero) is 1. The molecule has 2 aromatic carbocycles. The molecule has 26 heavy (non-hydrogen) atoms. The predicted octanol–water partition coefficient (Wildman–Crippen LogP) is 3.69. The van der Waals surface area contributed by atoms with Gasteiger partial charge in [0, 0.05) is 30.6 Å². The van der Waals surface area contributed by atoms with E-state index in [4.69, 9.17) is 5.26 Å². The van der Waals surface area contributed by atoms with Crippen molar-refractivity contribution in [3.05, 3.63) is 77.4 Å². The van der Waals surface area contributed by atoms with E-state index in [0.29, 0.717) is 31.5 Å². The molecular formula is C22H20N2O2. The molecule has 0 bridgehead atoms. The van der Waals surface area contributed by atoms with Crippen LogP contribution in [0.15, 0.2) is 60.7 Å². The first-order chi connectivity index (χ1) is 12.7. The van der Waals surface area contributed by atoms with Crippen LogP contribution < -0.4 is 0 Å².